The van der Waals surface area contributed by atoms with E-state index in [9.17, 15) is 10.1 Å². The molecule has 18 heavy (non-hydrogen) atoms. The summed E-state index contributed by atoms with van der Waals surface area (Å²) in [5.74, 6) is 0.315. The molecule has 0 aliphatic heterocycles. The Morgan fingerprint density at radius 1 is 1.11 bits per heavy atom. The van der Waals surface area contributed by atoms with E-state index in [0.717, 1.165) is 5.56 Å². The lowest BCUT2D eigenvalue weighted by Crippen LogP contribution is -1.97. The van der Waals surface area contributed by atoms with Crippen LogP contribution in [-0.4, -0.2) is 4.92 Å². The first kappa shape index (κ1) is 12.4. The minimum Gasteiger partial charge on any atom is -0.487 e. The fraction of sp³-hybridized carbons (Fsp3) is 0.0769. The van der Waals surface area contributed by atoms with Gasteiger partial charge in [0.2, 0.25) is 0 Å². The van der Waals surface area contributed by atoms with Crippen LogP contribution in [0.2, 0.25) is 5.02 Å². The third kappa shape index (κ3) is 2.78. The zero-order valence-electron chi connectivity index (χ0n) is 9.38. The van der Waals surface area contributed by atoms with Gasteiger partial charge in [-0.2, -0.15) is 0 Å². The van der Waals surface area contributed by atoms with Crippen LogP contribution in [-0.2, 0) is 6.61 Å². The summed E-state index contributed by atoms with van der Waals surface area (Å²) in [5, 5.41) is 10.7. The zero-order chi connectivity index (χ0) is 13.0. The van der Waals surface area contributed by atoms with Crippen LogP contribution in [0.25, 0.3) is 0 Å². The maximum Gasteiger partial charge on any atom is 0.291 e. The minimum atomic E-state index is -0.530. The Morgan fingerprint density at radius 3 is 2.50 bits per heavy atom. The summed E-state index contributed by atoms with van der Waals surface area (Å²) in [6.07, 6.45) is 0. The monoisotopic (exact) mass is 263 g/mol. The lowest BCUT2D eigenvalue weighted by atomic mass is 10.2. The van der Waals surface area contributed by atoms with Gasteiger partial charge in [0.1, 0.15) is 12.4 Å². The molecule has 0 aromatic heterocycles. The van der Waals surface area contributed by atoms with Crippen LogP contribution >= 0.6 is 11.6 Å². The summed E-state index contributed by atoms with van der Waals surface area (Å²) in [4.78, 5) is 10.2. The molecule has 92 valence electrons. The van der Waals surface area contributed by atoms with Gasteiger partial charge in [-0.15, -0.1) is 0 Å². The summed E-state index contributed by atoms with van der Waals surface area (Å²) >= 11 is 5.90. The Hall–Kier alpha value is -2.07. The van der Waals surface area contributed by atoms with Crippen LogP contribution in [0.4, 0.5) is 5.69 Å². The van der Waals surface area contributed by atoms with Crippen molar-refractivity contribution in [2.45, 2.75) is 6.61 Å². The number of rotatable bonds is 4. The van der Waals surface area contributed by atoms with E-state index in [4.69, 9.17) is 16.3 Å². The summed E-state index contributed by atoms with van der Waals surface area (Å²) in [6, 6.07) is 14.0. The molecule has 0 saturated carbocycles. The predicted octanol–water partition coefficient (Wildman–Crippen LogP) is 3.83. The van der Waals surface area contributed by atoms with Crippen molar-refractivity contribution in [3.8, 4) is 5.75 Å². The molecule has 0 saturated heterocycles. The van der Waals surface area contributed by atoms with Crippen LogP contribution in [0.1, 0.15) is 5.56 Å². The SMILES string of the molecule is O=[N+]([O-])c1cccc(OCc2ccccc2)c1Cl. The molecule has 0 aliphatic carbocycles. The van der Waals surface area contributed by atoms with Gasteiger partial charge >= 0.3 is 0 Å². The normalized spacial score (nSPS) is 10.1. The topological polar surface area (TPSA) is 52.4 Å². The summed E-state index contributed by atoms with van der Waals surface area (Å²) in [6.45, 7) is 0.321. The molecule has 2 aromatic carbocycles. The molecule has 0 spiro atoms. The highest BCUT2D eigenvalue weighted by atomic mass is 35.5. The molecule has 0 fully saturated rings. The molecule has 2 aromatic rings. The van der Waals surface area contributed by atoms with E-state index in [2.05, 4.69) is 0 Å². The maximum atomic E-state index is 10.7. The van der Waals surface area contributed by atoms with Crippen molar-refractivity contribution in [2.75, 3.05) is 0 Å². The predicted molar refractivity (Wildman–Crippen MR) is 68.9 cm³/mol. The van der Waals surface area contributed by atoms with Gasteiger partial charge < -0.3 is 4.74 Å². The second-order valence-electron chi connectivity index (χ2n) is 3.62. The van der Waals surface area contributed by atoms with Crippen molar-refractivity contribution in [1.82, 2.24) is 0 Å². The number of ether oxygens (including phenoxy) is 1. The number of hydrogen-bond donors (Lipinski definition) is 0. The molecule has 0 amide bonds. The maximum absolute atomic E-state index is 10.7. The van der Waals surface area contributed by atoms with Crippen LogP contribution in [0.3, 0.4) is 0 Å². The highest BCUT2D eigenvalue weighted by molar-refractivity contribution is 6.34. The van der Waals surface area contributed by atoms with Gasteiger partial charge in [-0.25, -0.2) is 0 Å². The first-order valence-electron chi connectivity index (χ1n) is 5.28. The van der Waals surface area contributed by atoms with Gasteiger partial charge in [-0.1, -0.05) is 48.0 Å². The summed E-state index contributed by atoms with van der Waals surface area (Å²) in [7, 11) is 0. The van der Waals surface area contributed by atoms with Crippen molar-refractivity contribution in [1.29, 1.82) is 0 Å². The van der Waals surface area contributed by atoms with E-state index in [1.165, 1.54) is 6.07 Å². The highest BCUT2D eigenvalue weighted by Crippen LogP contribution is 2.33. The smallest absolute Gasteiger partial charge is 0.291 e. The first-order valence-corrected chi connectivity index (χ1v) is 5.66. The Labute approximate surface area is 109 Å². The van der Waals surface area contributed by atoms with E-state index in [1.54, 1.807) is 12.1 Å². The van der Waals surface area contributed by atoms with Gasteiger partial charge in [0, 0.05) is 6.07 Å². The fourth-order valence-corrected chi connectivity index (χ4v) is 1.74. The van der Waals surface area contributed by atoms with E-state index in [0.29, 0.717) is 12.4 Å². The molecule has 0 aliphatic rings. The second-order valence-corrected chi connectivity index (χ2v) is 4.00. The van der Waals surface area contributed by atoms with E-state index in [-0.39, 0.29) is 10.7 Å². The van der Waals surface area contributed by atoms with Crippen molar-refractivity contribution < 1.29 is 9.66 Å². The molecule has 0 unspecified atom stereocenters. The van der Waals surface area contributed by atoms with E-state index < -0.39 is 4.92 Å². The van der Waals surface area contributed by atoms with E-state index in [1.807, 2.05) is 30.3 Å². The van der Waals surface area contributed by atoms with Crippen molar-refractivity contribution in [3.63, 3.8) is 0 Å². The van der Waals surface area contributed by atoms with Crippen LogP contribution in [0, 0.1) is 10.1 Å². The average Bonchev–Trinajstić information content (AvgIpc) is 2.38. The third-order valence-electron chi connectivity index (χ3n) is 2.38. The summed E-state index contributed by atoms with van der Waals surface area (Å²) < 4.78 is 5.48. The Morgan fingerprint density at radius 2 is 1.83 bits per heavy atom. The third-order valence-corrected chi connectivity index (χ3v) is 2.76. The van der Waals surface area contributed by atoms with Gasteiger partial charge in [0.25, 0.3) is 5.69 Å². The molecule has 5 heteroatoms. The Kier molecular flexibility index (Phi) is 3.79. The zero-order valence-corrected chi connectivity index (χ0v) is 10.1. The molecule has 4 nitrogen and oxygen atoms in total. The van der Waals surface area contributed by atoms with Gasteiger partial charge in [-0.3, -0.25) is 10.1 Å². The lowest BCUT2D eigenvalue weighted by Gasteiger charge is -2.07. The number of nitrogens with zero attached hydrogens (tertiary/aromatic N) is 1. The van der Waals surface area contributed by atoms with Gasteiger partial charge in [0.05, 0.1) is 4.92 Å². The molecule has 0 atom stereocenters. The molecule has 0 radical (unpaired) electrons. The largest absolute Gasteiger partial charge is 0.487 e. The number of nitro groups is 1. The highest BCUT2D eigenvalue weighted by Gasteiger charge is 2.16. The number of nitro benzene ring substituents is 1. The number of halogens is 1. The van der Waals surface area contributed by atoms with Crippen LogP contribution in [0.15, 0.2) is 48.5 Å². The summed E-state index contributed by atoms with van der Waals surface area (Å²) in [5.41, 5.74) is 0.822. The molecule has 0 bridgehead atoms. The lowest BCUT2D eigenvalue weighted by molar-refractivity contribution is -0.384. The minimum absolute atomic E-state index is 0.0263. The van der Waals surface area contributed by atoms with Gasteiger partial charge in [-0.05, 0) is 11.6 Å². The number of hydrogen-bond acceptors (Lipinski definition) is 3. The van der Waals surface area contributed by atoms with Gasteiger partial charge in [0.15, 0.2) is 5.02 Å². The first-order chi connectivity index (χ1) is 8.68. The fourth-order valence-electron chi connectivity index (χ4n) is 1.49. The standard InChI is InChI=1S/C13H10ClNO3/c14-13-11(15(16)17)7-4-8-12(13)18-9-10-5-2-1-3-6-10/h1-8H,9H2. The van der Waals surface area contributed by atoms with E-state index >= 15 is 0 Å². The van der Waals surface area contributed by atoms with Crippen LogP contribution in [0.5, 0.6) is 5.75 Å². The number of benzene rings is 2. The average molecular weight is 264 g/mol. The molecule has 0 heterocycles. The second kappa shape index (κ2) is 5.51. The molecular formula is C13H10ClNO3. The Balaban J connectivity index is 2.15. The molecular weight excluding hydrogens is 254 g/mol. The quantitative estimate of drug-likeness (QED) is 0.622. The van der Waals surface area contributed by atoms with Crippen molar-refractivity contribution in [2.24, 2.45) is 0 Å². The van der Waals surface area contributed by atoms with Crippen molar-refractivity contribution >= 4 is 17.3 Å². The molecule has 2 rings (SSSR count). The van der Waals surface area contributed by atoms with Crippen LogP contribution < -0.4 is 4.74 Å². The molecule has 0 N–H and O–H groups in total. The van der Waals surface area contributed by atoms with Crippen molar-refractivity contribution in [3.05, 3.63) is 69.2 Å². The Bertz CT molecular complexity index is 557.